The second-order valence-electron chi connectivity index (χ2n) is 9.15. The number of likely N-dealkylation sites (N-methyl/N-ethyl adjacent to an activating group) is 1. The minimum atomic E-state index is -0.553. The zero-order valence-corrected chi connectivity index (χ0v) is 20.7. The van der Waals surface area contributed by atoms with E-state index in [0.29, 0.717) is 16.8 Å². The number of carbonyl (C=O) groups is 2. The molecule has 0 radical (unpaired) electrons. The van der Waals surface area contributed by atoms with Gasteiger partial charge >= 0.3 is 0 Å². The Morgan fingerprint density at radius 3 is 2.61 bits per heavy atom. The van der Waals surface area contributed by atoms with Crippen molar-refractivity contribution in [1.29, 1.82) is 5.26 Å². The molecule has 7 nitrogen and oxygen atoms in total. The fourth-order valence-electron chi connectivity index (χ4n) is 4.86. The smallest absolute Gasteiger partial charge is 0.271 e. The monoisotopic (exact) mass is 478 g/mol. The largest absolute Gasteiger partial charge is 0.490 e. The molecule has 0 spiro atoms. The maximum Gasteiger partial charge on any atom is 0.271 e. The van der Waals surface area contributed by atoms with Gasteiger partial charge in [-0.2, -0.15) is 10.4 Å². The summed E-state index contributed by atoms with van der Waals surface area (Å²) < 4.78 is 7.77. The lowest BCUT2D eigenvalue weighted by Gasteiger charge is -2.26. The van der Waals surface area contributed by atoms with Gasteiger partial charge in [0.2, 0.25) is 0 Å². The average molecular weight is 479 g/mol. The van der Waals surface area contributed by atoms with Gasteiger partial charge in [-0.05, 0) is 74.7 Å². The summed E-state index contributed by atoms with van der Waals surface area (Å²) in [5.74, 6) is -0.0429. The summed E-state index contributed by atoms with van der Waals surface area (Å²) in [6, 6.07) is 15.9. The Morgan fingerprint density at radius 2 is 1.92 bits per heavy atom. The molecule has 3 aromatic rings. The van der Waals surface area contributed by atoms with Gasteiger partial charge < -0.3 is 4.74 Å². The normalized spacial score (nSPS) is 18.5. The van der Waals surface area contributed by atoms with Gasteiger partial charge in [0.25, 0.3) is 11.8 Å². The highest BCUT2D eigenvalue weighted by Gasteiger charge is 2.34. The highest BCUT2D eigenvalue weighted by atomic mass is 16.5. The molecule has 36 heavy (non-hydrogen) atoms. The molecule has 0 unspecified atom stereocenters. The van der Waals surface area contributed by atoms with Crippen molar-refractivity contribution in [3.05, 3.63) is 82.1 Å². The summed E-state index contributed by atoms with van der Waals surface area (Å²) in [5.41, 5.74) is 6.05. The summed E-state index contributed by atoms with van der Waals surface area (Å²) in [7, 11) is 0. The molecule has 3 heterocycles. The number of hydrogen-bond acceptors (Lipinski definition) is 5. The van der Waals surface area contributed by atoms with Crippen LogP contribution in [-0.4, -0.2) is 39.1 Å². The van der Waals surface area contributed by atoms with Crippen LogP contribution < -0.4 is 4.74 Å². The Kier molecular flexibility index (Phi) is 5.81. The van der Waals surface area contributed by atoms with Crippen molar-refractivity contribution in [2.45, 2.75) is 40.2 Å². The van der Waals surface area contributed by atoms with Gasteiger partial charge in [-0.25, -0.2) is 4.68 Å². The third kappa shape index (κ3) is 3.81. The van der Waals surface area contributed by atoms with Crippen LogP contribution in [0, 0.1) is 18.3 Å². The first-order valence-corrected chi connectivity index (χ1v) is 12.0. The highest BCUT2D eigenvalue weighted by Crippen LogP contribution is 2.38. The van der Waals surface area contributed by atoms with E-state index < -0.39 is 11.8 Å². The van der Waals surface area contributed by atoms with Crippen LogP contribution in [0.15, 0.2) is 65.4 Å². The van der Waals surface area contributed by atoms with E-state index in [-0.39, 0.29) is 18.2 Å². The summed E-state index contributed by atoms with van der Waals surface area (Å²) in [6.07, 6.45) is 4.55. The number of amides is 2. The van der Waals surface area contributed by atoms with E-state index in [1.807, 2.05) is 55.6 Å². The number of nitriles is 1. The third-order valence-electron chi connectivity index (χ3n) is 6.66. The maximum atomic E-state index is 13.3. The first-order chi connectivity index (χ1) is 17.3. The van der Waals surface area contributed by atoms with Gasteiger partial charge in [0.15, 0.2) is 0 Å². The van der Waals surface area contributed by atoms with Gasteiger partial charge in [0.05, 0.1) is 11.4 Å². The number of nitrogens with zero attached hydrogens (tertiary/aromatic N) is 4. The number of benzene rings is 2. The lowest BCUT2D eigenvalue weighted by molar-refractivity contribution is -0.140. The molecule has 1 atom stereocenters. The fourth-order valence-corrected chi connectivity index (χ4v) is 4.86. The number of fused-ring (bicyclic) bond motifs is 1. The second-order valence-corrected chi connectivity index (χ2v) is 9.15. The first kappa shape index (κ1) is 23.3. The molecule has 180 valence electrons. The molecule has 1 aromatic heterocycles. The minimum absolute atomic E-state index is 0.0146. The SMILES string of the molecule is CCN1C(=O)C(C#N)=C(C)/C(=C/c2cn(-c3ccccc3)nc2-c2cc(C)c3c(c2)C[C@@H](C)O3)C1=O. The van der Waals surface area contributed by atoms with E-state index in [0.717, 1.165) is 45.0 Å². The number of aromatic nitrogens is 2. The van der Waals surface area contributed by atoms with Crippen LogP contribution in [0.2, 0.25) is 0 Å². The van der Waals surface area contributed by atoms with Crippen LogP contribution in [-0.2, 0) is 16.0 Å². The van der Waals surface area contributed by atoms with Crippen molar-refractivity contribution in [3.63, 3.8) is 0 Å². The molecule has 0 saturated carbocycles. The molecular formula is C29H26N4O3. The molecule has 7 heteroatoms. The van der Waals surface area contributed by atoms with Crippen LogP contribution in [0.1, 0.15) is 37.5 Å². The highest BCUT2D eigenvalue weighted by molar-refractivity contribution is 6.19. The summed E-state index contributed by atoms with van der Waals surface area (Å²) in [6.45, 7) is 7.63. The number of carbonyl (C=O) groups excluding carboxylic acids is 2. The van der Waals surface area contributed by atoms with Crippen molar-refractivity contribution in [3.8, 4) is 28.8 Å². The number of hydrogen-bond donors (Lipinski definition) is 0. The van der Waals surface area contributed by atoms with Crippen LogP contribution in [0.4, 0.5) is 0 Å². The van der Waals surface area contributed by atoms with E-state index in [2.05, 4.69) is 13.0 Å². The summed E-state index contributed by atoms with van der Waals surface area (Å²) >= 11 is 0. The number of imide groups is 1. The van der Waals surface area contributed by atoms with E-state index >= 15 is 0 Å². The topological polar surface area (TPSA) is 88.2 Å². The molecule has 2 aliphatic rings. The van der Waals surface area contributed by atoms with Crippen LogP contribution in [0.5, 0.6) is 5.75 Å². The van der Waals surface area contributed by atoms with Crippen molar-refractivity contribution >= 4 is 17.9 Å². The predicted molar refractivity (Wildman–Crippen MR) is 136 cm³/mol. The lowest BCUT2D eigenvalue weighted by Crippen LogP contribution is -2.42. The van der Waals surface area contributed by atoms with Crippen LogP contribution in [0.25, 0.3) is 23.0 Å². The number of para-hydroxylation sites is 1. The third-order valence-corrected chi connectivity index (χ3v) is 6.66. The standard InChI is InChI=1S/C29H26N4O3/c1-5-32-28(34)24(19(4)25(15-30)29(32)35)14-22-16-33(23-9-7-6-8-10-23)31-26(22)20-11-17(2)27-21(13-20)12-18(3)36-27/h6-11,13-14,16,18H,5,12H2,1-4H3/b24-14-/t18-/m1/s1. The molecular weight excluding hydrogens is 452 g/mol. The van der Waals surface area contributed by atoms with E-state index in [9.17, 15) is 14.9 Å². The molecule has 5 rings (SSSR count). The lowest BCUT2D eigenvalue weighted by atomic mass is 9.93. The first-order valence-electron chi connectivity index (χ1n) is 12.0. The van der Waals surface area contributed by atoms with Crippen LogP contribution in [0.3, 0.4) is 0 Å². The van der Waals surface area contributed by atoms with Gasteiger partial charge in [0.1, 0.15) is 23.5 Å². The van der Waals surface area contributed by atoms with Crippen molar-refractivity contribution in [1.82, 2.24) is 14.7 Å². The predicted octanol–water partition coefficient (Wildman–Crippen LogP) is 4.78. The Labute approximate surface area is 209 Å². The molecule has 0 bridgehead atoms. The van der Waals surface area contributed by atoms with E-state index in [1.54, 1.807) is 24.6 Å². The quantitative estimate of drug-likeness (QED) is 0.398. The van der Waals surface area contributed by atoms with Gasteiger partial charge in [-0.3, -0.25) is 14.5 Å². The van der Waals surface area contributed by atoms with Crippen LogP contribution >= 0.6 is 0 Å². The second kappa shape index (κ2) is 8.97. The summed E-state index contributed by atoms with van der Waals surface area (Å²) in [4.78, 5) is 27.0. The molecule has 2 amide bonds. The molecule has 0 fully saturated rings. The Balaban J connectivity index is 1.72. The van der Waals surface area contributed by atoms with Crippen molar-refractivity contribution in [2.24, 2.45) is 0 Å². The average Bonchev–Trinajstić information content (AvgIpc) is 3.46. The Morgan fingerprint density at radius 1 is 1.17 bits per heavy atom. The molecule has 2 aromatic carbocycles. The summed E-state index contributed by atoms with van der Waals surface area (Å²) in [5, 5.41) is 14.5. The minimum Gasteiger partial charge on any atom is -0.490 e. The molecule has 0 aliphatic carbocycles. The zero-order chi connectivity index (χ0) is 25.6. The van der Waals surface area contributed by atoms with Crippen molar-refractivity contribution < 1.29 is 14.3 Å². The Bertz CT molecular complexity index is 1510. The number of ether oxygens (including phenoxy) is 1. The number of aryl methyl sites for hydroxylation is 1. The fraction of sp³-hybridized carbons (Fsp3) is 0.241. The van der Waals surface area contributed by atoms with Gasteiger partial charge in [-0.1, -0.05) is 18.2 Å². The molecule has 2 aliphatic heterocycles. The maximum absolute atomic E-state index is 13.3. The Hall–Kier alpha value is -4.44. The molecule has 0 saturated heterocycles. The molecule has 0 N–H and O–H groups in total. The van der Waals surface area contributed by atoms with Gasteiger partial charge in [0, 0.05) is 35.9 Å². The van der Waals surface area contributed by atoms with E-state index in [4.69, 9.17) is 9.84 Å². The van der Waals surface area contributed by atoms with Gasteiger partial charge in [-0.15, -0.1) is 0 Å². The zero-order valence-electron chi connectivity index (χ0n) is 20.7. The van der Waals surface area contributed by atoms with E-state index in [1.165, 1.54) is 0 Å². The number of rotatable bonds is 4. The van der Waals surface area contributed by atoms with Crippen molar-refractivity contribution in [2.75, 3.05) is 6.54 Å².